The van der Waals surface area contributed by atoms with Gasteiger partial charge in [0.25, 0.3) is 0 Å². The molecule has 1 atom stereocenters. The van der Waals surface area contributed by atoms with Gasteiger partial charge in [-0.2, -0.15) is 0 Å². The van der Waals surface area contributed by atoms with Gasteiger partial charge in [0.1, 0.15) is 0 Å². The van der Waals surface area contributed by atoms with Crippen LogP contribution in [0, 0.1) is 0 Å². The van der Waals surface area contributed by atoms with E-state index in [4.69, 9.17) is 11.6 Å². The van der Waals surface area contributed by atoms with E-state index < -0.39 is 0 Å². The number of halogens is 2. The van der Waals surface area contributed by atoms with Crippen molar-refractivity contribution in [2.45, 2.75) is 25.9 Å². The lowest BCUT2D eigenvalue weighted by Crippen LogP contribution is -2.49. The van der Waals surface area contributed by atoms with E-state index in [0.29, 0.717) is 6.04 Å². The van der Waals surface area contributed by atoms with Crippen LogP contribution in [-0.4, -0.2) is 30.6 Å². The molecule has 1 aromatic rings. The molecule has 2 rings (SSSR count). The second-order valence-electron chi connectivity index (χ2n) is 4.53. The van der Waals surface area contributed by atoms with Crippen LogP contribution in [-0.2, 0) is 6.54 Å². The SMILES string of the molecule is CCC1CN(Cc2ccc(Br)cc2Cl)CCN1. The summed E-state index contributed by atoms with van der Waals surface area (Å²) in [6, 6.07) is 6.75. The Balaban J connectivity index is 2.00. The minimum atomic E-state index is 0.623. The van der Waals surface area contributed by atoms with Gasteiger partial charge in [-0.25, -0.2) is 0 Å². The van der Waals surface area contributed by atoms with Gasteiger partial charge in [0.2, 0.25) is 0 Å². The lowest BCUT2D eigenvalue weighted by Gasteiger charge is -2.33. The highest BCUT2D eigenvalue weighted by Crippen LogP contribution is 2.23. The lowest BCUT2D eigenvalue weighted by molar-refractivity contribution is 0.190. The molecule has 1 saturated heterocycles. The van der Waals surface area contributed by atoms with E-state index in [2.05, 4.69) is 45.2 Å². The summed E-state index contributed by atoms with van der Waals surface area (Å²) in [5.74, 6) is 0. The second kappa shape index (κ2) is 6.19. The first-order valence-electron chi connectivity index (χ1n) is 6.08. The minimum Gasteiger partial charge on any atom is -0.311 e. The first-order chi connectivity index (χ1) is 8.19. The molecule has 2 nitrogen and oxygen atoms in total. The van der Waals surface area contributed by atoms with Crippen molar-refractivity contribution in [2.24, 2.45) is 0 Å². The number of benzene rings is 1. The molecule has 1 N–H and O–H groups in total. The summed E-state index contributed by atoms with van der Waals surface area (Å²) in [5.41, 5.74) is 1.21. The molecule has 1 unspecified atom stereocenters. The molecule has 0 amide bonds. The van der Waals surface area contributed by atoms with Crippen LogP contribution in [0.2, 0.25) is 5.02 Å². The Morgan fingerprint density at radius 2 is 2.35 bits per heavy atom. The number of nitrogens with one attached hydrogen (secondary N) is 1. The Kier molecular flexibility index (Phi) is 4.86. The molecule has 1 fully saturated rings. The van der Waals surface area contributed by atoms with E-state index in [1.807, 2.05) is 6.07 Å². The molecule has 1 aliphatic heterocycles. The van der Waals surface area contributed by atoms with Crippen LogP contribution in [0.1, 0.15) is 18.9 Å². The summed E-state index contributed by atoms with van der Waals surface area (Å²) in [4.78, 5) is 2.47. The highest BCUT2D eigenvalue weighted by molar-refractivity contribution is 9.10. The molecule has 0 aliphatic carbocycles. The number of piperazine rings is 1. The highest BCUT2D eigenvalue weighted by atomic mass is 79.9. The monoisotopic (exact) mass is 316 g/mol. The average Bonchev–Trinajstić information content (AvgIpc) is 2.33. The Labute approximate surface area is 116 Å². The highest BCUT2D eigenvalue weighted by Gasteiger charge is 2.18. The van der Waals surface area contributed by atoms with Crippen LogP contribution >= 0.6 is 27.5 Å². The summed E-state index contributed by atoms with van der Waals surface area (Å²) >= 11 is 9.68. The zero-order valence-electron chi connectivity index (χ0n) is 10.0. The van der Waals surface area contributed by atoms with Crippen molar-refractivity contribution < 1.29 is 0 Å². The van der Waals surface area contributed by atoms with Gasteiger partial charge in [-0.3, -0.25) is 4.90 Å². The largest absolute Gasteiger partial charge is 0.311 e. The zero-order valence-corrected chi connectivity index (χ0v) is 12.4. The summed E-state index contributed by atoms with van der Waals surface area (Å²) in [6.45, 7) is 6.47. The molecule has 94 valence electrons. The van der Waals surface area contributed by atoms with Crippen LogP contribution < -0.4 is 5.32 Å². The van der Waals surface area contributed by atoms with E-state index in [9.17, 15) is 0 Å². The normalized spacial score (nSPS) is 21.7. The number of nitrogens with zero attached hydrogens (tertiary/aromatic N) is 1. The Morgan fingerprint density at radius 3 is 3.06 bits per heavy atom. The Bertz CT molecular complexity index is 384. The van der Waals surface area contributed by atoms with Crippen LogP contribution in [0.4, 0.5) is 0 Å². The molecule has 1 aromatic carbocycles. The molecule has 4 heteroatoms. The maximum absolute atomic E-state index is 6.25. The molecule has 0 radical (unpaired) electrons. The fourth-order valence-corrected chi connectivity index (χ4v) is 2.94. The van der Waals surface area contributed by atoms with Crippen molar-refractivity contribution in [3.05, 3.63) is 33.3 Å². The van der Waals surface area contributed by atoms with Crippen molar-refractivity contribution in [3.8, 4) is 0 Å². The van der Waals surface area contributed by atoms with E-state index in [1.165, 1.54) is 12.0 Å². The third-order valence-electron chi connectivity index (χ3n) is 3.24. The van der Waals surface area contributed by atoms with E-state index in [-0.39, 0.29) is 0 Å². The van der Waals surface area contributed by atoms with Crippen LogP contribution in [0.15, 0.2) is 22.7 Å². The third kappa shape index (κ3) is 3.68. The zero-order chi connectivity index (χ0) is 12.3. The maximum Gasteiger partial charge on any atom is 0.0462 e. The Morgan fingerprint density at radius 1 is 1.53 bits per heavy atom. The standard InChI is InChI=1S/C13H18BrClN2/c1-2-12-9-17(6-5-16-12)8-10-3-4-11(14)7-13(10)15/h3-4,7,12,16H,2,5-6,8-9H2,1H3. The van der Waals surface area contributed by atoms with Gasteiger partial charge in [0.15, 0.2) is 0 Å². The molecule has 0 bridgehead atoms. The molecular formula is C13H18BrClN2. The summed E-state index contributed by atoms with van der Waals surface area (Å²) in [5, 5.41) is 4.38. The van der Waals surface area contributed by atoms with Crippen molar-refractivity contribution in [3.63, 3.8) is 0 Å². The van der Waals surface area contributed by atoms with E-state index in [1.54, 1.807) is 0 Å². The van der Waals surface area contributed by atoms with Gasteiger partial charge in [-0.1, -0.05) is 40.5 Å². The van der Waals surface area contributed by atoms with Crippen molar-refractivity contribution in [1.29, 1.82) is 0 Å². The molecule has 17 heavy (non-hydrogen) atoms. The topological polar surface area (TPSA) is 15.3 Å². The van der Waals surface area contributed by atoms with Crippen LogP contribution in [0.5, 0.6) is 0 Å². The molecular weight excluding hydrogens is 300 g/mol. The van der Waals surface area contributed by atoms with Gasteiger partial charge >= 0.3 is 0 Å². The quantitative estimate of drug-likeness (QED) is 0.920. The van der Waals surface area contributed by atoms with Gasteiger partial charge in [-0.05, 0) is 24.1 Å². The molecule has 0 aromatic heterocycles. The van der Waals surface area contributed by atoms with Crippen molar-refractivity contribution >= 4 is 27.5 Å². The average molecular weight is 318 g/mol. The summed E-state index contributed by atoms with van der Waals surface area (Å²) < 4.78 is 1.04. The molecule has 1 aliphatic rings. The van der Waals surface area contributed by atoms with E-state index in [0.717, 1.165) is 35.7 Å². The summed E-state index contributed by atoms with van der Waals surface area (Å²) in [7, 11) is 0. The van der Waals surface area contributed by atoms with Crippen molar-refractivity contribution in [1.82, 2.24) is 10.2 Å². The number of rotatable bonds is 3. The number of hydrogen-bond acceptors (Lipinski definition) is 2. The first kappa shape index (κ1) is 13.3. The Hall–Kier alpha value is -0.0900. The van der Waals surface area contributed by atoms with Gasteiger partial charge in [0.05, 0.1) is 0 Å². The minimum absolute atomic E-state index is 0.623. The van der Waals surface area contributed by atoms with Crippen LogP contribution in [0.3, 0.4) is 0 Å². The first-order valence-corrected chi connectivity index (χ1v) is 7.26. The van der Waals surface area contributed by atoms with Crippen LogP contribution in [0.25, 0.3) is 0 Å². The van der Waals surface area contributed by atoms with Gasteiger partial charge < -0.3 is 5.32 Å². The predicted octanol–water partition coefficient (Wildman–Crippen LogP) is 3.29. The number of hydrogen-bond donors (Lipinski definition) is 1. The van der Waals surface area contributed by atoms with Gasteiger partial charge in [0, 0.05) is 41.7 Å². The van der Waals surface area contributed by atoms with Gasteiger partial charge in [-0.15, -0.1) is 0 Å². The molecule has 1 heterocycles. The third-order valence-corrected chi connectivity index (χ3v) is 4.09. The molecule has 0 saturated carbocycles. The molecule has 0 spiro atoms. The van der Waals surface area contributed by atoms with E-state index >= 15 is 0 Å². The fraction of sp³-hybridized carbons (Fsp3) is 0.538. The predicted molar refractivity (Wildman–Crippen MR) is 76.5 cm³/mol. The second-order valence-corrected chi connectivity index (χ2v) is 5.85. The van der Waals surface area contributed by atoms with Crippen molar-refractivity contribution in [2.75, 3.05) is 19.6 Å². The smallest absolute Gasteiger partial charge is 0.0462 e. The fourth-order valence-electron chi connectivity index (χ4n) is 2.20. The summed E-state index contributed by atoms with van der Waals surface area (Å²) in [6.07, 6.45) is 1.19. The lowest BCUT2D eigenvalue weighted by atomic mass is 10.1. The maximum atomic E-state index is 6.25.